The number of nitrogens with zero attached hydrogens (tertiary/aromatic N) is 1. The number of aromatic nitrogens is 1. The van der Waals surface area contributed by atoms with Gasteiger partial charge in [0.25, 0.3) is 5.91 Å². The van der Waals surface area contributed by atoms with Crippen molar-refractivity contribution in [2.45, 2.75) is 45.2 Å². The summed E-state index contributed by atoms with van der Waals surface area (Å²) in [5, 5.41) is 2.84. The molecule has 1 amide bonds. The lowest BCUT2D eigenvalue weighted by Crippen LogP contribution is -2.43. The lowest BCUT2D eigenvalue weighted by Gasteiger charge is -2.32. The van der Waals surface area contributed by atoms with E-state index in [1.54, 1.807) is 0 Å². The Morgan fingerprint density at radius 2 is 2.12 bits per heavy atom. The molecule has 0 bridgehead atoms. The molecule has 1 aliphatic carbocycles. The molecule has 26 heavy (non-hydrogen) atoms. The normalized spacial score (nSPS) is 18.7. The largest absolute Gasteiger partial charge is 0.337 e. The monoisotopic (exact) mass is 355 g/mol. The molecule has 0 aliphatic heterocycles. The third-order valence-corrected chi connectivity index (χ3v) is 5.40. The molecule has 0 spiro atoms. The summed E-state index contributed by atoms with van der Waals surface area (Å²) < 4.78 is 13.0. The first-order valence-corrected chi connectivity index (χ1v) is 9.31. The summed E-state index contributed by atoms with van der Waals surface area (Å²) in [5.74, 6) is 0.357. The third kappa shape index (κ3) is 4.47. The Bertz CT molecular complexity index is 747. The highest BCUT2D eigenvalue weighted by atomic mass is 19.1. The Labute approximate surface area is 154 Å². The zero-order valence-corrected chi connectivity index (χ0v) is 15.1. The lowest BCUT2D eigenvalue weighted by molar-refractivity contribution is 0.0927. The predicted octanol–water partition coefficient (Wildman–Crippen LogP) is 3.46. The minimum atomic E-state index is -0.414. The predicted molar refractivity (Wildman–Crippen MR) is 100.0 cm³/mol. The van der Waals surface area contributed by atoms with Crippen molar-refractivity contribution in [3.8, 4) is 0 Å². The number of nitrogens with two attached hydrogens (primary N) is 1. The summed E-state index contributed by atoms with van der Waals surface area (Å²) in [5.41, 5.74) is 9.17. The van der Waals surface area contributed by atoms with Crippen LogP contribution in [-0.4, -0.2) is 17.1 Å². The van der Waals surface area contributed by atoms with Gasteiger partial charge in [-0.2, -0.15) is 0 Å². The van der Waals surface area contributed by atoms with Gasteiger partial charge in [-0.25, -0.2) is 4.39 Å². The van der Waals surface area contributed by atoms with E-state index in [0.717, 1.165) is 32.1 Å². The van der Waals surface area contributed by atoms with Crippen LogP contribution in [0.15, 0.2) is 42.6 Å². The van der Waals surface area contributed by atoms with Gasteiger partial charge in [0.05, 0.1) is 6.17 Å². The summed E-state index contributed by atoms with van der Waals surface area (Å²) in [6, 6.07) is 9.66. The van der Waals surface area contributed by atoms with Gasteiger partial charge in [-0.15, -0.1) is 0 Å². The van der Waals surface area contributed by atoms with Crippen LogP contribution in [0.25, 0.3) is 0 Å². The highest BCUT2D eigenvalue weighted by Gasteiger charge is 2.27. The smallest absolute Gasteiger partial charge is 0.252 e. The van der Waals surface area contributed by atoms with Crippen molar-refractivity contribution >= 4 is 5.91 Å². The van der Waals surface area contributed by atoms with Crippen LogP contribution in [0, 0.1) is 17.7 Å². The number of benzene rings is 1. The Morgan fingerprint density at radius 3 is 2.85 bits per heavy atom. The molecule has 0 radical (unpaired) electrons. The average molecular weight is 355 g/mol. The van der Waals surface area contributed by atoms with Gasteiger partial charge in [-0.1, -0.05) is 19.4 Å². The van der Waals surface area contributed by atoms with E-state index in [1.807, 2.05) is 12.3 Å². The second kappa shape index (κ2) is 8.41. The van der Waals surface area contributed by atoms with Crippen LogP contribution < -0.4 is 11.1 Å². The summed E-state index contributed by atoms with van der Waals surface area (Å²) in [7, 11) is 0. The first-order chi connectivity index (χ1) is 12.6. The Morgan fingerprint density at radius 1 is 1.35 bits per heavy atom. The van der Waals surface area contributed by atoms with Crippen molar-refractivity contribution in [3.05, 3.63) is 65.2 Å². The maximum absolute atomic E-state index is 13.0. The minimum absolute atomic E-state index is 0.261. The van der Waals surface area contributed by atoms with Crippen molar-refractivity contribution in [1.29, 1.82) is 0 Å². The molecular formula is C21H26FN3O. The SMILES string of the molecule is CCC(CC(N)NC(=O)c1ccc(F)cc1)C1CCc2cccnc2C1. The van der Waals surface area contributed by atoms with Crippen LogP contribution in [-0.2, 0) is 12.8 Å². The fourth-order valence-corrected chi connectivity index (χ4v) is 3.91. The topological polar surface area (TPSA) is 68.0 Å². The van der Waals surface area contributed by atoms with Crippen molar-refractivity contribution in [2.24, 2.45) is 17.6 Å². The number of hydrogen-bond donors (Lipinski definition) is 2. The molecule has 4 nitrogen and oxygen atoms in total. The first kappa shape index (κ1) is 18.5. The third-order valence-electron chi connectivity index (χ3n) is 5.40. The lowest BCUT2D eigenvalue weighted by atomic mass is 9.76. The Kier molecular flexibility index (Phi) is 5.99. The summed E-state index contributed by atoms with van der Waals surface area (Å²) >= 11 is 0. The van der Waals surface area contributed by atoms with E-state index in [0.29, 0.717) is 17.4 Å². The molecule has 3 unspecified atom stereocenters. The molecule has 3 atom stereocenters. The number of hydrogen-bond acceptors (Lipinski definition) is 3. The molecule has 0 fully saturated rings. The van der Waals surface area contributed by atoms with E-state index < -0.39 is 6.17 Å². The van der Waals surface area contributed by atoms with E-state index in [2.05, 4.69) is 23.3 Å². The molecule has 0 saturated carbocycles. The number of rotatable bonds is 6. The summed E-state index contributed by atoms with van der Waals surface area (Å²) in [6.45, 7) is 2.17. The quantitative estimate of drug-likeness (QED) is 0.780. The second-order valence-corrected chi connectivity index (χ2v) is 7.10. The highest BCUT2D eigenvalue weighted by Crippen LogP contribution is 2.32. The van der Waals surface area contributed by atoms with Crippen molar-refractivity contribution in [3.63, 3.8) is 0 Å². The fourth-order valence-electron chi connectivity index (χ4n) is 3.91. The molecule has 2 aromatic rings. The number of amides is 1. The average Bonchev–Trinajstić information content (AvgIpc) is 2.66. The van der Waals surface area contributed by atoms with Gasteiger partial charge in [0.2, 0.25) is 0 Å². The van der Waals surface area contributed by atoms with Gasteiger partial charge in [-0.05, 0) is 73.4 Å². The minimum Gasteiger partial charge on any atom is -0.337 e. The van der Waals surface area contributed by atoms with Gasteiger partial charge < -0.3 is 11.1 Å². The zero-order valence-electron chi connectivity index (χ0n) is 15.1. The van der Waals surface area contributed by atoms with Gasteiger partial charge in [0, 0.05) is 17.5 Å². The first-order valence-electron chi connectivity index (χ1n) is 9.31. The second-order valence-electron chi connectivity index (χ2n) is 7.10. The maximum Gasteiger partial charge on any atom is 0.252 e. The van der Waals surface area contributed by atoms with Crippen molar-refractivity contribution in [1.82, 2.24) is 10.3 Å². The number of carbonyl (C=O) groups is 1. The van der Waals surface area contributed by atoms with Crippen LogP contribution in [0.4, 0.5) is 4.39 Å². The molecule has 3 N–H and O–H groups in total. The molecule has 1 aromatic carbocycles. The van der Waals surface area contributed by atoms with Crippen LogP contribution in [0.3, 0.4) is 0 Å². The summed E-state index contributed by atoms with van der Waals surface area (Å²) in [6.07, 6.45) is 6.37. The van der Waals surface area contributed by atoms with E-state index in [-0.39, 0.29) is 11.7 Å². The maximum atomic E-state index is 13.0. The van der Waals surface area contributed by atoms with Crippen LogP contribution >= 0.6 is 0 Å². The molecule has 1 aromatic heterocycles. The number of pyridine rings is 1. The Hall–Kier alpha value is -2.27. The molecule has 3 rings (SSSR count). The van der Waals surface area contributed by atoms with Gasteiger partial charge in [-0.3, -0.25) is 9.78 Å². The number of aryl methyl sites for hydroxylation is 1. The standard InChI is InChI=1S/C21H26FN3O/c1-2-14(17-6-5-15-4-3-11-24-19(15)12-17)13-20(23)25-21(26)16-7-9-18(22)10-8-16/h3-4,7-11,14,17,20H,2,5-6,12-13,23H2,1H3,(H,25,26). The molecule has 138 valence electrons. The summed E-state index contributed by atoms with van der Waals surface area (Å²) in [4.78, 5) is 16.8. The van der Waals surface area contributed by atoms with E-state index in [4.69, 9.17) is 5.73 Å². The van der Waals surface area contributed by atoms with Gasteiger partial charge >= 0.3 is 0 Å². The molecule has 5 heteroatoms. The van der Waals surface area contributed by atoms with Crippen LogP contribution in [0.2, 0.25) is 0 Å². The highest BCUT2D eigenvalue weighted by molar-refractivity contribution is 5.94. The van der Waals surface area contributed by atoms with E-state index in [1.165, 1.54) is 35.5 Å². The van der Waals surface area contributed by atoms with Crippen LogP contribution in [0.1, 0.15) is 47.8 Å². The fraction of sp³-hybridized carbons (Fsp3) is 0.429. The van der Waals surface area contributed by atoms with Gasteiger partial charge in [0.15, 0.2) is 0 Å². The van der Waals surface area contributed by atoms with Crippen LogP contribution in [0.5, 0.6) is 0 Å². The van der Waals surface area contributed by atoms with Crippen molar-refractivity contribution < 1.29 is 9.18 Å². The molecular weight excluding hydrogens is 329 g/mol. The Balaban J connectivity index is 1.57. The molecule has 0 saturated heterocycles. The number of fused-ring (bicyclic) bond motifs is 1. The molecule has 1 aliphatic rings. The van der Waals surface area contributed by atoms with E-state index >= 15 is 0 Å². The molecule has 1 heterocycles. The zero-order chi connectivity index (χ0) is 18.5. The van der Waals surface area contributed by atoms with Gasteiger partial charge in [0.1, 0.15) is 5.82 Å². The number of nitrogens with one attached hydrogen (secondary N) is 1. The number of halogens is 1. The van der Waals surface area contributed by atoms with Crippen molar-refractivity contribution in [2.75, 3.05) is 0 Å². The van der Waals surface area contributed by atoms with E-state index in [9.17, 15) is 9.18 Å². The number of carbonyl (C=O) groups excluding carboxylic acids is 1.